The van der Waals surface area contributed by atoms with Gasteiger partial charge in [0.25, 0.3) is 0 Å². The van der Waals surface area contributed by atoms with Crippen LogP contribution in [0.25, 0.3) is 22.3 Å². The van der Waals surface area contributed by atoms with Crippen molar-refractivity contribution in [3.63, 3.8) is 0 Å². The Balaban J connectivity index is 1.50. The number of ether oxygens (including phenoxy) is 2. The van der Waals surface area contributed by atoms with Crippen molar-refractivity contribution in [2.45, 2.75) is 11.8 Å². The van der Waals surface area contributed by atoms with Crippen molar-refractivity contribution in [2.75, 3.05) is 14.2 Å². The Kier molecular flexibility index (Phi) is 7.78. The van der Waals surface area contributed by atoms with Gasteiger partial charge in [0, 0.05) is 11.8 Å². The van der Waals surface area contributed by atoms with Crippen molar-refractivity contribution < 1.29 is 19.1 Å². The lowest BCUT2D eigenvalue weighted by Gasteiger charge is -2.36. The van der Waals surface area contributed by atoms with Gasteiger partial charge in [-0.2, -0.15) is 0 Å². The number of hydrogen-bond acceptors (Lipinski definition) is 4. The third-order valence-electron chi connectivity index (χ3n) is 8.97. The van der Waals surface area contributed by atoms with E-state index in [1.165, 1.54) is 47.6 Å². The highest BCUT2D eigenvalue weighted by Crippen LogP contribution is 2.50. The third kappa shape index (κ3) is 5.08. The van der Waals surface area contributed by atoms with Gasteiger partial charge < -0.3 is 9.47 Å². The van der Waals surface area contributed by atoms with E-state index >= 15 is 0 Å². The van der Waals surface area contributed by atoms with E-state index in [0.29, 0.717) is 11.1 Å². The van der Waals surface area contributed by atoms with Crippen LogP contribution in [0.2, 0.25) is 0 Å². The summed E-state index contributed by atoms with van der Waals surface area (Å²) in [4.78, 5) is 25.5. The largest absolute Gasteiger partial charge is 0.465 e. The highest BCUT2D eigenvalue weighted by atomic mass is 16.5. The lowest BCUT2D eigenvalue weighted by atomic mass is 9.67. The van der Waals surface area contributed by atoms with Crippen LogP contribution < -0.4 is 0 Å². The molecule has 0 aliphatic heterocycles. The lowest BCUT2D eigenvalue weighted by molar-refractivity contribution is 0.0592. The van der Waals surface area contributed by atoms with Gasteiger partial charge in [-0.25, -0.2) is 9.59 Å². The van der Waals surface area contributed by atoms with Crippen molar-refractivity contribution >= 4 is 11.9 Å². The van der Waals surface area contributed by atoms with Crippen LogP contribution in [0, 0.1) is 0 Å². The molecular weight excluding hydrogens is 568 g/mol. The molecule has 0 spiro atoms. The first-order chi connectivity index (χ1) is 22.6. The molecule has 0 heterocycles. The third-order valence-corrected chi connectivity index (χ3v) is 8.97. The van der Waals surface area contributed by atoms with E-state index in [9.17, 15) is 9.59 Å². The summed E-state index contributed by atoms with van der Waals surface area (Å²) in [5, 5.41) is 0. The van der Waals surface area contributed by atoms with Gasteiger partial charge in [0.2, 0.25) is 0 Å². The second-order valence-corrected chi connectivity index (χ2v) is 11.4. The van der Waals surface area contributed by atoms with Crippen LogP contribution in [0.3, 0.4) is 0 Å². The second kappa shape index (κ2) is 12.3. The Morgan fingerprint density at radius 2 is 0.804 bits per heavy atom. The predicted molar refractivity (Wildman–Crippen MR) is 181 cm³/mol. The molecule has 0 saturated carbocycles. The average Bonchev–Trinajstić information content (AvgIpc) is 3.13. The number of benzene rings is 6. The lowest BCUT2D eigenvalue weighted by Crippen LogP contribution is -2.20. The maximum atomic E-state index is 12.8. The van der Waals surface area contributed by atoms with Crippen molar-refractivity contribution in [3.05, 3.63) is 190 Å². The highest BCUT2D eigenvalue weighted by molar-refractivity contribution is 5.98. The summed E-state index contributed by atoms with van der Waals surface area (Å²) in [6, 6.07) is 49.4. The highest BCUT2D eigenvalue weighted by Gasteiger charge is 2.35. The molecule has 0 bridgehead atoms. The molecule has 4 nitrogen and oxygen atoms in total. The van der Waals surface area contributed by atoms with E-state index in [4.69, 9.17) is 9.47 Å². The van der Waals surface area contributed by atoms with E-state index < -0.39 is 0 Å². The zero-order valence-electron chi connectivity index (χ0n) is 25.6. The first-order valence-electron chi connectivity index (χ1n) is 15.3. The molecule has 46 heavy (non-hydrogen) atoms. The quantitative estimate of drug-likeness (QED) is 0.179. The molecule has 0 aromatic heterocycles. The van der Waals surface area contributed by atoms with Gasteiger partial charge in [-0.15, -0.1) is 0 Å². The number of hydrogen-bond donors (Lipinski definition) is 0. The summed E-state index contributed by atoms with van der Waals surface area (Å²) in [5.41, 5.74) is 11.8. The second-order valence-electron chi connectivity index (χ2n) is 11.4. The standard InChI is InChI=1S/C42H32O4/c1-45-41(43)35-19-11-9-17-31(35)29-21-23-33-37(25-29)39(27-13-5-3-6-14-27)34-24-22-30(32-18-10-12-20-36(32)42(44)46-2)26-38(34)40(33)28-15-7-4-8-16-28/h3-26,39-40H,1-2H3. The molecule has 1 aliphatic carbocycles. The molecule has 4 heteroatoms. The van der Waals surface area contributed by atoms with Crippen LogP contribution in [0.15, 0.2) is 146 Å². The fourth-order valence-electron chi connectivity index (χ4n) is 6.90. The minimum atomic E-state index is -0.361. The molecule has 0 radical (unpaired) electrons. The Hall–Kier alpha value is -5.74. The number of methoxy groups -OCH3 is 2. The molecule has 0 saturated heterocycles. The fourth-order valence-corrected chi connectivity index (χ4v) is 6.90. The van der Waals surface area contributed by atoms with Crippen LogP contribution in [0.5, 0.6) is 0 Å². The SMILES string of the molecule is COC(=O)c1ccccc1-c1ccc2c(c1)C(c1ccccc1)c1ccc(-c3ccccc3C(=O)OC)cc1C2c1ccccc1. The van der Waals surface area contributed by atoms with Crippen molar-refractivity contribution in [2.24, 2.45) is 0 Å². The van der Waals surface area contributed by atoms with Crippen LogP contribution >= 0.6 is 0 Å². The van der Waals surface area contributed by atoms with Gasteiger partial charge in [0.05, 0.1) is 25.3 Å². The van der Waals surface area contributed by atoms with Crippen LogP contribution in [-0.4, -0.2) is 26.2 Å². The van der Waals surface area contributed by atoms with Crippen LogP contribution in [-0.2, 0) is 9.47 Å². The monoisotopic (exact) mass is 600 g/mol. The van der Waals surface area contributed by atoms with E-state index in [-0.39, 0.29) is 23.8 Å². The number of fused-ring (bicyclic) bond motifs is 2. The molecule has 0 amide bonds. The molecule has 1 aliphatic rings. The fraction of sp³-hybridized carbons (Fsp3) is 0.0952. The summed E-state index contributed by atoms with van der Waals surface area (Å²) < 4.78 is 10.3. The van der Waals surface area contributed by atoms with Gasteiger partial charge in [-0.3, -0.25) is 0 Å². The van der Waals surface area contributed by atoms with Crippen LogP contribution in [0.1, 0.15) is 65.9 Å². The van der Waals surface area contributed by atoms with E-state index in [2.05, 4.69) is 84.9 Å². The predicted octanol–water partition coefficient (Wildman–Crippen LogP) is 9.27. The normalized spacial score (nSPS) is 14.9. The zero-order chi connectivity index (χ0) is 31.6. The number of carbonyl (C=O) groups is 2. The first kappa shape index (κ1) is 29.0. The summed E-state index contributed by atoms with van der Waals surface area (Å²) in [6.45, 7) is 0. The Morgan fingerprint density at radius 1 is 0.435 bits per heavy atom. The minimum Gasteiger partial charge on any atom is -0.465 e. The van der Waals surface area contributed by atoms with Crippen LogP contribution in [0.4, 0.5) is 0 Å². The summed E-state index contributed by atoms with van der Waals surface area (Å²) >= 11 is 0. The van der Waals surface area contributed by atoms with Gasteiger partial charge in [0.15, 0.2) is 0 Å². The Labute approximate surface area is 268 Å². The number of esters is 2. The number of rotatable bonds is 6. The zero-order valence-corrected chi connectivity index (χ0v) is 25.6. The van der Waals surface area contributed by atoms with E-state index in [1.807, 2.05) is 60.7 Å². The molecule has 6 aromatic rings. The first-order valence-corrected chi connectivity index (χ1v) is 15.3. The van der Waals surface area contributed by atoms with Gasteiger partial charge in [0.1, 0.15) is 0 Å². The molecule has 2 unspecified atom stereocenters. The Morgan fingerprint density at radius 3 is 1.20 bits per heavy atom. The topological polar surface area (TPSA) is 52.6 Å². The molecule has 0 fully saturated rings. The van der Waals surface area contributed by atoms with Gasteiger partial charge in [-0.1, -0.05) is 121 Å². The van der Waals surface area contributed by atoms with Crippen molar-refractivity contribution in [1.82, 2.24) is 0 Å². The van der Waals surface area contributed by atoms with E-state index in [1.54, 1.807) is 0 Å². The molecular formula is C42H32O4. The average molecular weight is 601 g/mol. The minimum absolute atomic E-state index is 0.0543. The molecule has 0 N–H and O–H groups in total. The van der Waals surface area contributed by atoms with Gasteiger partial charge in [-0.05, 0) is 79.9 Å². The maximum Gasteiger partial charge on any atom is 0.338 e. The summed E-state index contributed by atoms with van der Waals surface area (Å²) in [7, 11) is 2.83. The molecule has 2 atom stereocenters. The molecule has 7 rings (SSSR count). The van der Waals surface area contributed by atoms with Gasteiger partial charge >= 0.3 is 11.9 Å². The van der Waals surface area contributed by atoms with E-state index in [0.717, 1.165) is 22.3 Å². The number of carbonyl (C=O) groups excluding carboxylic acids is 2. The van der Waals surface area contributed by atoms with Crippen molar-refractivity contribution in [3.8, 4) is 22.3 Å². The molecule has 224 valence electrons. The van der Waals surface area contributed by atoms with Crippen molar-refractivity contribution in [1.29, 1.82) is 0 Å². The Bertz CT molecular complexity index is 1910. The summed E-state index contributed by atoms with van der Waals surface area (Å²) in [6.07, 6.45) is 0. The summed E-state index contributed by atoms with van der Waals surface area (Å²) in [5.74, 6) is -0.831. The smallest absolute Gasteiger partial charge is 0.338 e. The molecule has 6 aromatic carbocycles. The maximum absolute atomic E-state index is 12.8.